The van der Waals surface area contributed by atoms with E-state index >= 15 is 0 Å². The summed E-state index contributed by atoms with van der Waals surface area (Å²) in [5.41, 5.74) is 5.58. The van der Waals surface area contributed by atoms with Gasteiger partial charge in [0.15, 0.2) is 0 Å². The van der Waals surface area contributed by atoms with E-state index in [1.54, 1.807) is 19.9 Å². The first kappa shape index (κ1) is 11.5. The van der Waals surface area contributed by atoms with Gasteiger partial charge in [-0.05, 0) is 26.0 Å². The van der Waals surface area contributed by atoms with E-state index in [1.807, 2.05) is 0 Å². The number of nitrogens with two attached hydrogens (primary N) is 1. The number of amides is 1. The molecule has 1 rings (SSSR count). The first-order chi connectivity index (χ1) is 6.94. The molecule has 0 aliphatic carbocycles. The van der Waals surface area contributed by atoms with Gasteiger partial charge in [-0.1, -0.05) is 0 Å². The predicted octanol–water partition coefficient (Wildman–Crippen LogP) is 0.164. The van der Waals surface area contributed by atoms with Crippen LogP contribution in [0.3, 0.4) is 0 Å². The minimum absolute atomic E-state index is 0.131. The highest BCUT2D eigenvalue weighted by Crippen LogP contribution is 2.05. The molecule has 82 valence electrons. The summed E-state index contributed by atoms with van der Waals surface area (Å²) in [7, 11) is 0. The number of rotatable bonds is 3. The van der Waals surface area contributed by atoms with E-state index in [4.69, 9.17) is 10.8 Å². The number of aromatic nitrogens is 1. The van der Waals surface area contributed by atoms with E-state index < -0.39 is 5.54 Å². The Morgan fingerprint density at radius 3 is 2.73 bits per heavy atom. The fraction of sp³-hybridized carbons (Fsp3) is 0.400. The lowest BCUT2D eigenvalue weighted by atomic mass is 10.1. The van der Waals surface area contributed by atoms with Gasteiger partial charge >= 0.3 is 0 Å². The number of aliphatic hydroxyl groups is 1. The van der Waals surface area contributed by atoms with E-state index in [0.717, 1.165) is 0 Å². The highest BCUT2D eigenvalue weighted by molar-refractivity contribution is 5.92. The van der Waals surface area contributed by atoms with Crippen molar-refractivity contribution >= 4 is 11.6 Å². The molecule has 1 aromatic heterocycles. The molecule has 5 nitrogen and oxygen atoms in total. The molecule has 0 fully saturated rings. The van der Waals surface area contributed by atoms with E-state index in [1.165, 1.54) is 12.3 Å². The van der Waals surface area contributed by atoms with Crippen LogP contribution in [-0.2, 0) is 0 Å². The van der Waals surface area contributed by atoms with Crippen LogP contribution >= 0.6 is 0 Å². The van der Waals surface area contributed by atoms with Crippen LogP contribution in [0.4, 0.5) is 5.69 Å². The van der Waals surface area contributed by atoms with Crippen molar-refractivity contribution in [3.63, 3.8) is 0 Å². The minimum Gasteiger partial charge on any atom is -0.397 e. The largest absolute Gasteiger partial charge is 0.397 e. The van der Waals surface area contributed by atoms with Gasteiger partial charge in [0.1, 0.15) is 5.69 Å². The average Bonchev–Trinajstić information content (AvgIpc) is 2.18. The molecule has 5 heteroatoms. The molecule has 0 aromatic carbocycles. The van der Waals surface area contributed by atoms with Gasteiger partial charge in [0, 0.05) is 0 Å². The van der Waals surface area contributed by atoms with Gasteiger partial charge in [-0.3, -0.25) is 4.79 Å². The van der Waals surface area contributed by atoms with Crippen LogP contribution in [0.25, 0.3) is 0 Å². The lowest BCUT2D eigenvalue weighted by molar-refractivity contribution is 0.0864. The number of nitrogen functional groups attached to an aromatic ring is 1. The first-order valence-corrected chi connectivity index (χ1v) is 4.59. The zero-order chi connectivity index (χ0) is 11.5. The highest BCUT2D eigenvalue weighted by atomic mass is 16.3. The van der Waals surface area contributed by atoms with Gasteiger partial charge in [0.2, 0.25) is 0 Å². The summed E-state index contributed by atoms with van der Waals surface area (Å²) in [5.74, 6) is -0.325. The van der Waals surface area contributed by atoms with Crippen molar-refractivity contribution in [2.75, 3.05) is 12.3 Å². The maximum Gasteiger partial charge on any atom is 0.270 e. The summed E-state index contributed by atoms with van der Waals surface area (Å²) in [6, 6.07) is 3.14. The number of anilines is 1. The van der Waals surface area contributed by atoms with Crippen molar-refractivity contribution in [3.8, 4) is 0 Å². The van der Waals surface area contributed by atoms with Crippen LogP contribution in [0.5, 0.6) is 0 Å². The van der Waals surface area contributed by atoms with Gasteiger partial charge in [-0.2, -0.15) is 0 Å². The Kier molecular flexibility index (Phi) is 3.26. The second-order valence-electron chi connectivity index (χ2n) is 3.97. The third-order valence-corrected chi connectivity index (χ3v) is 1.87. The van der Waals surface area contributed by atoms with Gasteiger partial charge in [-0.15, -0.1) is 0 Å². The molecule has 0 aliphatic heterocycles. The molecule has 0 aliphatic rings. The topological polar surface area (TPSA) is 88.2 Å². The highest BCUT2D eigenvalue weighted by Gasteiger charge is 2.20. The summed E-state index contributed by atoms with van der Waals surface area (Å²) >= 11 is 0. The van der Waals surface area contributed by atoms with Crippen LogP contribution in [0.15, 0.2) is 18.3 Å². The Labute approximate surface area is 88.3 Å². The molecule has 1 aromatic rings. The van der Waals surface area contributed by atoms with Crippen LogP contribution in [0.2, 0.25) is 0 Å². The Bertz CT molecular complexity index is 346. The standard InChI is InChI=1S/C10H15N3O2/c1-10(2,6-14)13-9(15)8-4-3-7(11)5-12-8/h3-5,14H,6,11H2,1-2H3,(H,13,15). The summed E-state index contributed by atoms with van der Waals surface area (Å²) in [6.07, 6.45) is 1.42. The van der Waals surface area contributed by atoms with Crippen LogP contribution in [-0.4, -0.2) is 28.1 Å². The lowest BCUT2D eigenvalue weighted by Gasteiger charge is -2.23. The van der Waals surface area contributed by atoms with Crippen molar-refractivity contribution in [1.29, 1.82) is 0 Å². The maximum atomic E-state index is 11.6. The molecule has 0 bridgehead atoms. The smallest absolute Gasteiger partial charge is 0.270 e. The van der Waals surface area contributed by atoms with Gasteiger partial charge in [-0.25, -0.2) is 4.98 Å². The molecule has 0 unspecified atom stereocenters. The Balaban J connectivity index is 2.74. The average molecular weight is 209 g/mol. The number of hydrogen-bond acceptors (Lipinski definition) is 4. The number of carbonyl (C=O) groups excluding carboxylic acids is 1. The molecule has 0 spiro atoms. The van der Waals surface area contributed by atoms with Crippen molar-refractivity contribution in [3.05, 3.63) is 24.0 Å². The van der Waals surface area contributed by atoms with Crippen molar-refractivity contribution in [2.45, 2.75) is 19.4 Å². The number of carbonyl (C=O) groups is 1. The molecule has 1 amide bonds. The first-order valence-electron chi connectivity index (χ1n) is 4.59. The summed E-state index contributed by atoms with van der Waals surface area (Å²) in [6.45, 7) is 3.32. The molecule has 0 atom stereocenters. The van der Waals surface area contributed by atoms with Crippen LogP contribution in [0, 0.1) is 0 Å². The van der Waals surface area contributed by atoms with Gasteiger partial charge < -0.3 is 16.2 Å². The summed E-state index contributed by atoms with van der Waals surface area (Å²) in [4.78, 5) is 15.5. The molecular weight excluding hydrogens is 194 g/mol. The van der Waals surface area contributed by atoms with Crippen LogP contribution < -0.4 is 11.1 Å². The fourth-order valence-electron chi connectivity index (χ4n) is 0.951. The number of hydrogen-bond donors (Lipinski definition) is 3. The Morgan fingerprint density at radius 1 is 1.60 bits per heavy atom. The number of nitrogens with one attached hydrogen (secondary N) is 1. The molecule has 4 N–H and O–H groups in total. The van der Waals surface area contributed by atoms with E-state index in [0.29, 0.717) is 5.69 Å². The normalized spacial score (nSPS) is 11.1. The Morgan fingerprint density at radius 2 is 2.27 bits per heavy atom. The van der Waals surface area contributed by atoms with Crippen molar-refractivity contribution in [2.24, 2.45) is 0 Å². The minimum atomic E-state index is -0.653. The third kappa shape index (κ3) is 3.21. The fourth-order valence-corrected chi connectivity index (χ4v) is 0.951. The maximum absolute atomic E-state index is 11.6. The predicted molar refractivity (Wildman–Crippen MR) is 57.3 cm³/mol. The zero-order valence-corrected chi connectivity index (χ0v) is 8.82. The van der Waals surface area contributed by atoms with Crippen molar-refractivity contribution < 1.29 is 9.90 Å². The Hall–Kier alpha value is -1.62. The summed E-state index contributed by atoms with van der Waals surface area (Å²) in [5, 5.41) is 11.6. The zero-order valence-electron chi connectivity index (χ0n) is 8.82. The molecular formula is C10H15N3O2. The van der Waals surface area contributed by atoms with Crippen molar-refractivity contribution in [1.82, 2.24) is 10.3 Å². The number of nitrogens with zero attached hydrogens (tertiary/aromatic N) is 1. The lowest BCUT2D eigenvalue weighted by Crippen LogP contribution is -2.46. The molecule has 0 saturated carbocycles. The second-order valence-corrected chi connectivity index (χ2v) is 3.97. The SMILES string of the molecule is CC(C)(CO)NC(=O)c1ccc(N)cn1. The quantitative estimate of drug-likeness (QED) is 0.662. The van der Waals surface area contributed by atoms with E-state index in [2.05, 4.69) is 10.3 Å². The molecule has 1 heterocycles. The third-order valence-electron chi connectivity index (χ3n) is 1.87. The molecule has 0 radical (unpaired) electrons. The van der Waals surface area contributed by atoms with E-state index in [-0.39, 0.29) is 18.2 Å². The van der Waals surface area contributed by atoms with Gasteiger partial charge in [0.25, 0.3) is 5.91 Å². The number of aliphatic hydroxyl groups excluding tert-OH is 1. The monoisotopic (exact) mass is 209 g/mol. The number of pyridine rings is 1. The molecule has 0 saturated heterocycles. The van der Waals surface area contributed by atoms with Crippen LogP contribution in [0.1, 0.15) is 24.3 Å². The second kappa shape index (κ2) is 4.27. The summed E-state index contributed by atoms with van der Waals surface area (Å²) < 4.78 is 0. The molecule has 15 heavy (non-hydrogen) atoms. The van der Waals surface area contributed by atoms with E-state index in [9.17, 15) is 4.79 Å². The van der Waals surface area contributed by atoms with Gasteiger partial charge in [0.05, 0.1) is 24.0 Å².